The van der Waals surface area contributed by atoms with Gasteiger partial charge in [-0.15, -0.1) is 0 Å². The van der Waals surface area contributed by atoms with E-state index in [1.54, 1.807) is 7.05 Å². The number of Topliss-reactive ketones (excluding diaryl/α,β-unsaturated/α-hetero) is 1. The van der Waals surface area contributed by atoms with Crippen LogP contribution in [0.5, 0.6) is 5.75 Å². The zero-order valence-electron chi connectivity index (χ0n) is 21.4. The van der Waals surface area contributed by atoms with Crippen LogP contribution in [0, 0.1) is 5.92 Å². The normalized spacial score (nSPS) is 17.9. The van der Waals surface area contributed by atoms with Crippen molar-refractivity contribution in [3.8, 4) is 5.75 Å². The van der Waals surface area contributed by atoms with Gasteiger partial charge in [0.05, 0.1) is 18.9 Å². The van der Waals surface area contributed by atoms with Crippen LogP contribution in [0.1, 0.15) is 43.7 Å². The van der Waals surface area contributed by atoms with Gasteiger partial charge in [-0.3, -0.25) is 14.4 Å². The van der Waals surface area contributed by atoms with Crippen molar-refractivity contribution in [2.24, 2.45) is 13.0 Å². The molecule has 1 fully saturated rings. The molecule has 2 aromatic heterocycles. The predicted octanol–water partition coefficient (Wildman–Crippen LogP) is 1.55. The van der Waals surface area contributed by atoms with Crippen LogP contribution in [-0.4, -0.2) is 70.2 Å². The number of fused-ring (bicyclic) bond motifs is 1. The Bertz CT molecular complexity index is 1460. The average Bonchev–Trinajstić information content (AvgIpc) is 3.43. The molecule has 1 aliphatic rings. The molecule has 1 unspecified atom stereocenters. The molecular formula is C25H31N5O7S. The molecule has 0 radical (unpaired) electrons. The summed E-state index contributed by atoms with van der Waals surface area (Å²) in [7, 11) is -2.31. The first kappa shape index (κ1) is 27.3. The van der Waals surface area contributed by atoms with Gasteiger partial charge in [0.1, 0.15) is 17.4 Å². The highest BCUT2D eigenvalue weighted by molar-refractivity contribution is 7.89. The number of rotatable bonds is 8. The minimum Gasteiger partial charge on any atom is -0.508 e. The highest BCUT2D eigenvalue weighted by Crippen LogP contribution is 2.24. The molecule has 0 aliphatic carbocycles. The van der Waals surface area contributed by atoms with Crippen LogP contribution in [0.3, 0.4) is 0 Å². The van der Waals surface area contributed by atoms with Crippen molar-refractivity contribution in [1.82, 2.24) is 24.5 Å². The third kappa shape index (κ3) is 6.05. The number of hydrogen-bond acceptors (Lipinski definition) is 8. The van der Waals surface area contributed by atoms with Gasteiger partial charge in [0.15, 0.2) is 16.6 Å². The molecule has 0 spiro atoms. The van der Waals surface area contributed by atoms with E-state index in [0.29, 0.717) is 23.8 Å². The van der Waals surface area contributed by atoms with Crippen molar-refractivity contribution in [1.29, 1.82) is 0 Å². The number of phenolic OH excluding ortho intramolecular Hbond substituents is 1. The number of sulfonamides is 1. The predicted molar refractivity (Wildman–Crippen MR) is 137 cm³/mol. The number of imidazole rings is 1. The zero-order valence-corrected chi connectivity index (χ0v) is 22.2. The minimum atomic E-state index is -3.96. The standard InChI is InChI=1S/C25H31N5O7S/c1-15(2)9-19(28-25(34)22-11-16-10-17(31)6-7-21(16)37-22)24(33)27-18-5-4-8-30(12-20(18)32)38(35,36)23-13-29(3)14-26-23/h6-7,10-11,13-15,18-19,31H,4-5,8-9,12H2,1-3H3,(H,27,33)(H,28,34)/t18?,19-/m0/s1. The number of carbonyl (C=O) groups is 3. The summed E-state index contributed by atoms with van der Waals surface area (Å²) in [6.45, 7) is 3.52. The molecule has 4 rings (SSSR count). The van der Waals surface area contributed by atoms with E-state index in [2.05, 4.69) is 15.6 Å². The molecule has 1 saturated heterocycles. The van der Waals surface area contributed by atoms with Gasteiger partial charge in [-0.05, 0) is 49.4 Å². The number of phenols is 1. The molecule has 12 nitrogen and oxygen atoms in total. The number of aryl methyl sites for hydroxylation is 1. The van der Waals surface area contributed by atoms with Crippen LogP contribution in [0.4, 0.5) is 0 Å². The number of nitrogens with one attached hydrogen (secondary N) is 2. The largest absolute Gasteiger partial charge is 0.508 e. The molecule has 204 valence electrons. The fourth-order valence-corrected chi connectivity index (χ4v) is 5.77. The van der Waals surface area contributed by atoms with Crippen LogP contribution >= 0.6 is 0 Å². The third-order valence-corrected chi connectivity index (χ3v) is 8.01. The second-order valence-electron chi connectivity index (χ2n) is 9.87. The highest BCUT2D eigenvalue weighted by Gasteiger charge is 2.35. The van der Waals surface area contributed by atoms with Crippen LogP contribution in [-0.2, 0) is 26.7 Å². The molecule has 2 atom stereocenters. The molecule has 3 heterocycles. The lowest BCUT2D eigenvalue weighted by Crippen LogP contribution is -2.52. The summed E-state index contributed by atoms with van der Waals surface area (Å²) in [6, 6.07) is 4.06. The fourth-order valence-electron chi connectivity index (χ4n) is 4.36. The van der Waals surface area contributed by atoms with Crippen molar-refractivity contribution in [2.45, 2.75) is 50.2 Å². The Morgan fingerprint density at radius 1 is 1.26 bits per heavy atom. The SMILES string of the molecule is CC(C)C[C@H](NC(=O)c1cc2cc(O)ccc2o1)C(=O)NC1CCCN(S(=O)(=O)c2cn(C)cn2)CC1=O. The molecule has 2 amide bonds. The summed E-state index contributed by atoms with van der Waals surface area (Å²) >= 11 is 0. The van der Waals surface area contributed by atoms with E-state index >= 15 is 0 Å². The van der Waals surface area contributed by atoms with Gasteiger partial charge in [-0.2, -0.15) is 4.31 Å². The lowest BCUT2D eigenvalue weighted by molar-refractivity contribution is -0.129. The maximum Gasteiger partial charge on any atom is 0.287 e. The molecule has 0 saturated carbocycles. The first-order chi connectivity index (χ1) is 17.9. The molecule has 3 aromatic rings. The van der Waals surface area contributed by atoms with Crippen LogP contribution in [0.15, 0.2) is 46.2 Å². The topological polar surface area (TPSA) is 164 Å². The maximum absolute atomic E-state index is 13.2. The zero-order chi connectivity index (χ0) is 27.6. The molecule has 0 bridgehead atoms. The number of hydrogen-bond donors (Lipinski definition) is 3. The monoisotopic (exact) mass is 545 g/mol. The molecule has 13 heteroatoms. The second-order valence-corrected chi connectivity index (χ2v) is 11.8. The van der Waals surface area contributed by atoms with E-state index in [1.807, 2.05) is 13.8 Å². The van der Waals surface area contributed by atoms with E-state index in [1.165, 1.54) is 41.4 Å². The van der Waals surface area contributed by atoms with Crippen molar-refractivity contribution in [3.63, 3.8) is 0 Å². The number of nitrogens with zero attached hydrogens (tertiary/aromatic N) is 3. The molecule has 38 heavy (non-hydrogen) atoms. The van der Waals surface area contributed by atoms with E-state index in [-0.39, 0.29) is 35.4 Å². The first-order valence-corrected chi connectivity index (χ1v) is 13.7. The Morgan fingerprint density at radius 2 is 2.03 bits per heavy atom. The Labute approximate surface area is 220 Å². The fraction of sp³-hybridized carbons (Fsp3) is 0.440. The lowest BCUT2D eigenvalue weighted by Gasteiger charge is -2.23. The molecular weight excluding hydrogens is 514 g/mol. The second kappa shape index (κ2) is 11.0. The Kier molecular flexibility index (Phi) is 7.88. The van der Waals surface area contributed by atoms with Gasteiger partial charge >= 0.3 is 0 Å². The third-order valence-electron chi connectivity index (χ3n) is 6.28. The van der Waals surface area contributed by atoms with Crippen molar-refractivity contribution < 1.29 is 32.3 Å². The Hall–Kier alpha value is -3.71. The van der Waals surface area contributed by atoms with Gasteiger partial charge in [-0.1, -0.05) is 13.8 Å². The number of aromatic hydroxyl groups is 1. The Morgan fingerprint density at radius 3 is 2.71 bits per heavy atom. The van der Waals surface area contributed by atoms with Crippen molar-refractivity contribution in [2.75, 3.05) is 13.1 Å². The summed E-state index contributed by atoms with van der Waals surface area (Å²) in [4.78, 5) is 43.0. The van der Waals surface area contributed by atoms with Crippen LogP contribution in [0.2, 0.25) is 0 Å². The summed E-state index contributed by atoms with van der Waals surface area (Å²) < 4.78 is 34.0. The van der Waals surface area contributed by atoms with Crippen LogP contribution < -0.4 is 10.6 Å². The molecule has 3 N–H and O–H groups in total. The van der Waals surface area contributed by atoms with E-state index in [9.17, 15) is 27.9 Å². The van der Waals surface area contributed by atoms with Gasteiger partial charge in [0, 0.05) is 25.2 Å². The summed E-state index contributed by atoms with van der Waals surface area (Å²) in [5, 5.41) is 15.4. The number of aromatic nitrogens is 2. The number of carbonyl (C=O) groups excluding carboxylic acids is 3. The molecule has 1 aliphatic heterocycles. The smallest absolute Gasteiger partial charge is 0.287 e. The van der Waals surface area contributed by atoms with E-state index in [4.69, 9.17) is 4.42 Å². The van der Waals surface area contributed by atoms with Gasteiger partial charge in [0.25, 0.3) is 15.9 Å². The lowest BCUT2D eigenvalue weighted by atomic mass is 10.0. The molecule has 1 aromatic carbocycles. The Balaban J connectivity index is 1.44. The van der Waals surface area contributed by atoms with E-state index < -0.39 is 46.2 Å². The minimum absolute atomic E-state index is 0.0203. The van der Waals surface area contributed by atoms with Crippen LogP contribution in [0.25, 0.3) is 11.0 Å². The summed E-state index contributed by atoms with van der Waals surface area (Å²) in [5.41, 5.74) is 0.409. The van der Waals surface area contributed by atoms with E-state index in [0.717, 1.165) is 4.31 Å². The van der Waals surface area contributed by atoms with Gasteiger partial charge in [0.2, 0.25) is 5.91 Å². The number of amides is 2. The van der Waals surface area contributed by atoms with Crippen molar-refractivity contribution in [3.05, 3.63) is 42.5 Å². The summed E-state index contributed by atoms with van der Waals surface area (Å²) in [5.74, 6) is -1.54. The number of ketones is 1. The van der Waals surface area contributed by atoms with Gasteiger partial charge < -0.3 is 24.7 Å². The first-order valence-electron chi connectivity index (χ1n) is 12.3. The number of benzene rings is 1. The average molecular weight is 546 g/mol. The quantitative estimate of drug-likeness (QED) is 0.384. The summed E-state index contributed by atoms with van der Waals surface area (Å²) in [6.07, 6.45) is 3.66. The van der Waals surface area contributed by atoms with Crippen molar-refractivity contribution >= 4 is 38.6 Å². The maximum atomic E-state index is 13.2. The van der Waals surface area contributed by atoms with Gasteiger partial charge in [-0.25, -0.2) is 13.4 Å². The highest BCUT2D eigenvalue weighted by atomic mass is 32.2. The number of furan rings is 1.